The topological polar surface area (TPSA) is 9.23 Å². The highest BCUT2D eigenvalue weighted by Crippen LogP contribution is 1.95. The first-order valence-electron chi connectivity index (χ1n) is 3.01. The van der Waals surface area contributed by atoms with Crippen LogP contribution in [0.2, 0.25) is 6.04 Å². The number of thiol groups is 1. The summed E-state index contributed by atoms with van der Waals surface area (Å²) in [6.07, 6.45) is 2.56. The molecule has 0 atom stereocenters. The Morgan fingerprint density at radius 3 is 2.75 bits per heavy atom. The zero-order valence-corrected chi connectivity index (χ0v) is 7.70. The number of hydrogen-bond acceptors (Lipinski definition) is 2. The average molecular weight is 150 g/mol. The Morgan fingerprint density at radius 2 is 2.25 bits per heavy atom. The van der Waals surface area contributed by atoms with E-state index in [0.29, 0.717) is 0 Å². The van der Waals surface area contributed by atoms with E-state index in [4.69, 9.17) is 4.43 Å². The van der Waals surface area contributed by atoms with Gasteiger partial charge in [-0.3, -0.25) is 0 Å². The van der Waals surface area contributed by atoms with Gasteiger partial charge in [0.25, 0.3) is 0 Å². The van der Waals surface area contributed by atoms with E-state index in [1.807, 2.05) is 0 Å². The van der Waals surface area contributed by atoms with Gasteiger partial charge in [0.1, 0.15) is 0 Å². The Labute approximate surface area is 59.2 Å². The second-order valence-corrected chi connectivity index (χ2v) is 3.92. The van der Waals surface area contributed by atoms with Crippen LogP contribution >= 0.6 is 12.6 Å². The second-order valence-electron chi connectivity index (χ2n) is 1.78. The van der Waals surface area contributed by atoms with E-state index in [1.165, 1.54) is 18.9 Å². The van der Waals surface area contributed by atoms with Crippen molar-refractivity contribution in [1.82, 2.24) is 0 Å². The van der Waals surface area contributed by atoms with Crippen molar-refractivity contribution in [3.05, 3.63) is 0 Å². The maximum Gasteiger partial charge on any atom is 0.161 e. The molecule has 0 rings (SSSR count). The zero-order chi connectivity index (χ0) is 6.24. The van der Waals surface area contributed by atoms with Gasteiger partial charge >= 0.3 is 0 Å². The molecule has 0 spiro atoms. The summed E-state index contributed by atoms with van der Waals surface area (Å²) in [4.78, 5) is 0. The normalized spacial score (nSPS) is 11.2. The molecule has 0 unspecified atom stereocenters. The Morgan fingerprint density at radius 1 is 1.50 bits per heavy atom. The Balaban J connectivity index is 2.53. The van der Waals surface area contributed by atoms with Crippen LogP contribution in [0.3, 0.4) is 0 Å². The third-order valence-electron chi connectivity index (χ3n) is 1.01. The van der Waals surface area contributed by atoms with E-state index in [2.05, 4.69) is 12.6 Å². The Bertz CT molecular complexity index is 37.4. The minimum Gasteiger partial charge on any atom is -0.427 e. The van der Waals surface area contributed by atoms with E-state index >= 15 is 0 Å². The Kier molecular flexibility index (Phi) is 8.02. The second kappa shape index (κ2) is 7.53. The molecule has 0 N–H and O–H groups in total. The summed E-state index contributed by atoms with van der Waals surface area (Å²) in [5.74, 6) is 1.03. The van der Waals surface area contributed by atoms with Gasteiger partial charge in [-0.1, -0.05) is 6.42 Å². The third kappa shape index (κ3) is 6.53. The summed E-state index contributed by atoms with van der Waals surface area (Å²) >= 11 is 4.10. The highest BCUT2D eigenvalue weighted by atomic mass is 32.1. The minimum atomic E-state index is -0.133. The van der Waals surface area contributed by atoms with Crippen molar-refractivity contribution in [3.63, 3.8) is 0 Å². The lowest BCUT2D eigenvalue weighted by molar-refractivity contribution is 0.439. The van der Waals surface area contributed by atoms with Gasteiger partial charge in [0.2, 0.25) is 0 Å². The van der Waals surface area contributed by atoms with Gasteiger partial charge in [-0.15, -0.1) is 0 Å². The maximum atomic E-state index is 5.00. The SMILES string of the molecule is CO[SiH2]CCCCS. The largest absolute Gasteiger partial charge is 0.427 e. The van der Waals surface area contributed by atoms with E-state index in [1.54, 1.807) is 7.11 Å². The molecule has 0 aliphatic rings. The van der Waals surface area contributed by atoms with E-state index in [-0.39, 0.29) is 9.76 Å². The van der Waals surface area contributed by atoms with Crippen LogP contribution in [0.5, 0.6) is 0 Å². The van der Waals surface area contributed by atoms with Crippen molar-refractivity contribution in [2.75, 3.05) is 12.9 Å². The van der Waals surface area contributed by atoms with E-state index in [9.17, 15) is 0 Å². The molecular weight excluding hydrogens is 136 g/mol. The van der Waals surface area contributed by atoms with Crippen LogP contribution in [0.25, 0.3) is 0 Å². The smallest absolute Gasteiger partial charge is 0.161 e. The van der Waals surface area contributed by atoms with Crippen LogP contribution in [-0.2, 0) is 4.43 Å². The Hall–Kier alpha value is 0.527. The van der Waals surface area contributed by atoms with Gasteiger partial charge in [-0.05, 0) is 18.2 Å². The maximum absolute atomic E-state index is 5.00. The molecule has 0 aliphatic heterocycles. The molecule has 0 amide bonds. The molecule has 0 heterocycles. The standard InChI is InChI=1S/C5H14OSSi/c1-6-8-5-3-2-4-7/h7H,2-5,8H2,1H3. The molecule has 3 heteroatoms. The number of hydrogen-bond donors (Lipinski definition) is 1. The van der Waals surface area contributed by atoms with Gasteiger partial charge < -0.3 is 4.43 Å². The number of rotatable bonds is 5. The minimum absolute atomic E-state index is 0.133. The van der Waals surface area contributed by atoms with Crippen molar-refractivity contribution in [1.29, 1.82) is 0 Å². The van der Waals surface area contributed by atoms with Crippen molar-refractivity contribution in [2.24, 2.45) is 0 Å². The zero-order valence-electron chi connectivity index (χ0n) is 5.39. The average Bonchev–Trinajstić information content (AvgIpc) is 1.81. The summed E-state index contributed by atoms with van der Waals surface area (Å²) in [5, 5.41) is 0. The monoisotopic (exact) mass is 150 g/mol. The molecule has 0 saturated carbocycles. The highest BCUT2D eigenvalue weighted by molar-refractivity contribution is 7.80. The lowest BCUT2D eigenvalue weighted by Gasteiger charge is -1.94. The molecule has 0 aromatic carbocycles. The van der Waals surface area contributed by atoms with Crippen LogP contribution in [0.15, 0.2) is 0 Å². The fraction of sp³-hybridized carbons (Fsp3) is 1.00. The van der Waals surface area contributed by atoms with Crippen LogP contribution in [-0.4, -0.2) is 22.6 Å². The lowest BCUT2D eigenvalue weighted by atomic mass is 10.4. The molecule has 0 aromatic heterocycles. The summed E-state index contributed by atoms with van der Waals surface area (Å²) < 4.78 is 5.00. The quantitative estimate of drug-likeness (QED) is 0.347. The molecule has 1 nitrogen and oxygen atoms in total. The van der Waals surface area contributed by atoms with Crippen molar-refractivity contribution in [2.45, 2.75) is 18.9 Å². The molecule has 0 aromatic rings. The first kappa shape index (κ1) is 8.53. The summed E-state index contributed by atoms with van der Waals surface area (Å²) in [6, 6.07) is 1.32. The van der Waals surface area contributed by atoms with Crippen molar-refractivity contribution >= 4 is 22.4 Å². The van der Waals surface area contributed by atoms with Crippen LogP contribution in [0.4, 0.5) is 0 Å². The summed E-state index contributed by atoms with van der Waals surface area (Å²) in [7, 11) is 1.67. The van der Waals surface area contributed by atoms with Crippen molar-refractivity contribution < 1.29 is 4.43 Å². The third-order valence-corrected chi connectivity index (χ3v) is 2.52. The fourth-order valence-corrected chi connectivity index (χ4v) is 1.60. The molecule has 8 heavy (non-hydrogen) atoms. The first-order chi connectivity index (χ1) is 3.91. The molecular formula is C5H14OSSi. The summed E-state index contributed by atoms with van der Waals surface area (Å²) in [6.45, 7) is 0. The molecule has 0 saturated heterocycles. The molecule has 0 bridgehead atoms. The van der Waals surface area contributed by atoms with Gasteiger partial charge in [0.05, 0.1) is 0 Å². The fourth-order valence-electron chi connectivity index (χ4n) is 0.535. The van der Waals surface area contributed by atoms with Gasteiger partial charge in [-0.2, -0.15) is 12.6 Å². The van der Waals surface area contributed by atoms with Crippen LogP contribution in [0, 0.1) is 0 Å². The van der Waals surface area contributed by atoms with Crippen molar-refractivity contribution in [3.8, 4) is 0 Å². The predicted octanol–water partition coefficient (Wildman–Crippen LogP) is 0.845. The lowest BCUT2D eigenvalue weighted by Crippen LogP contribution is -1.91. The number of unbranched alkanes of at least 4 members (excludes halogenated alkanes) is 1. The molecule has 0 aliphatic carbocycles. The predicted molar refractivity (Wildman–Crippen MR) is 43.4 cm³/mol. The van der Waals surface area contributed by atoms with E-state index < -0.39 is 0 Å². The van der Waals surface area contributed by atoms with Gasteiger partial charge in [-0.25, -0.2) is 0 Å². The first-order valence-corrected chi connectivity index (χ1v) is 5.22. The molecule has 0 fully saturated rings. The van der Waals surface area contributed by atoms with Gasteiger partial charge in [0.15, 0.2) is 9.76 Å². The van der Waals surface area contributed by atoms with Crippen LogP contribution < -0.4 is 0 Å². The van der Waals surface area contributed by atoms with Gasteiger partial charge in [0, 0.05) is 7.11 Å². The molecule has 0 radical (unpaired) electrons. The van der Waals surface area contributed by atoms with E-state index in [0.717, 1.165) is 5.75 Å². The summed E-state index contributed by atoms with van der Waals surface area (Å²) in [5.41, 5.74) is 0. The molecule has 50 valence electrons. The highest BCUT2D eigenvalue weighted by Gasteiger charge is 1.85. The van der Waals surface area contributed by atoms with Crippen LogP contribution in [0.1, 0.15) is 12.8 Å².